The molecule has 0 aliphatic heterocycles. The van der Waals surface area contributed by atoms with Gasteiger partial charge in [-0.1, -0.05) is 75.2 Å². The zero-order valence-corrected chi connectivity index (χ0v) is 19.2. The van der Waals surface area contributed by atoms with Gasteiger partial charge in [-0.25, -0.2) is 4.79 Å². The predicted octanol–water partition coefficient (Wildman–Crippen LogP) is 4.45. The van der Waals surface area contributed by atoms with Crippen molar-refractivity contribution < 1.29 is 24.2 Å². The van der Waals surface area contributed by atoms with Crippen molar-refractivity contribution in [1.82, 2.24) is 10.6 Å². The van der Waals surface area contributed by atoms with Crippen molar-refractivity contribution in [3.63, 3.8) is 0 Å². The van der Waals surface area contributed by atoms with Gasteiger partial charge in [-0.05, 0) is 35.1 Å². The Morgan fingerprint density at radius 1 is 0.970 bits per heavy atom. The lowest BCUT2D eigenvalue weighted by Gasteiger charge is -2.22. The number of ether oxygens (including phenoxy) is 1. The lowest BCUT2D eigenvalue weighted by Crippen LogP contribution is -2.50. The first-order valence-electron chi connectivity index (χ1n) is 11.6. The minimum atomic E-state index is -0.964. The maximum absolute atomic E-state index is 12.7. The Balaban J connectivity index is 1.59. The number of carbonyl (C=O) groups excluding carboxylic acids is 2. The normalized spacial score (nSPS) is 14.0. The molecular weight excluding hydrogens is 420 g/mol. The van der Waals surface area contributed by atoms with E-state index in [1.165, 1.54) is 0 Å². The van der Waals surface area contributed by atoms with Crippen LogP contribution in [0.25, 0.3) is 11.1 Å². The third-order valence-corrected chi connectivity index (χ3v) is 6.03. The van der Waals surface area contributed by atoms with Crippen LogP contribution >= 0.6 is 0 Å². The molecular formula is C26H32N2O5. The molecule has 2 atom stereocenters. The first-order valence-corrected chi connectivity index (χ1v) is 11.6. The second-order valence-corrected chi connectivity index (χ2v) is 8.38. The molecule has 2 aromatic rings. The molecule has 0 saturated carbocycles. The largest absolute Gasteiger partial charge is 0.481 e. The van der Waals surface area contributed by atoms with Crippen molar-refractivity contribution in [3.05, 3.63) is 59.7 Å². The highest BCUT2D eigenvalue weighted by Gasteiger charge is 2.30. The Labute approximate surface area is 194 Å². The van der Waals surface area contributed by atoms with Crippen molar-refractivity contribution in [2.75, 3.05) is 6.61 Å². The van der Waals surface area contributed by atoms with Crippen molar-refractivity contribution in [1.29, 1.82) is 0 Å². The molecule has 0 spiro atoms. The molecule has 0 aromatic heterocycles. The number of aliphatic carboxylic acids is 1. The van der Waals surface area contributed by atoms with Crippen LogP contribution in [-0.4, -0.2) is 41.8 Å². The number of carbonyl (C=O) groups is 3. The smallest absolute Gasteiger partial charge is 0.407 e. The molecule has 0 saturated heterocycles. The molecule has 1 aliphatic rings. The van der Waals surface area contributed by atoms with Crippen molar-refractivity contribution in [3.8, 4) is 11.1 Å². The van der Waals surface area contributed by atoms with Gasteiger partial charge in [0.1, 0.15) is 12.6 Å². The molecule has 7 heteroatoms. The monoisotopic (exact) mass is 452 g/mol. The Morgan fingerprint density at radius 3 is 2.12 bits per heavy atom. The topological polar surface area (TPSA) is 105 Å². The van der Waals surface area contributed by atoms with Gasteiger partial charge in [-0.2, -0.15) is 0 Å². The number of hydrogen-bond donors (Lipinski definition) is 3. The van der Waals surface area contributed by atoms with Gasteiger partial charge in [0, 0.05) is 12.0 Å². The number of rotatable bonds is 11. The molecule has 0 unspecified atom stereocenters. The van der Waals surface area contributed by atoms with E-state index in [0.29, 0.717) is 12.8 Å². The molecule has 7 nitrogen and oxygen atoms in total. The molecule has 33 heavy (non-hydrogen) atoms. The van der Waals surface area contributed by atoms with Gasteiger partial charge in [0.25, 0.3) is 0 Å². The molecule has 0 radical (unpaired) electrons. The van der Waals surface area contributed by atoms with Gasteiger partial charge < -0.3 is 20.5 Å². The summed E-state index contributed by atoms with van der Waals surface area (Å²) in [7, 11) is 0. The number of hydrogen-bond acceptors (Lipinski definition) is 4. The zero-order chi connectivity index (χ0) is 23.8. The van der Waals surface area contributed by atoms with Gasteiger partial charge in [0.05, 0.1) is 6.42 Å². The van der Waals surface area contributed by atoms with E-state index in [-0.39, 0.29) is 18.9 Å². The summed E-state index contributed by atoms with van der Waals surface area (Å²) in [6.07, 6.45) is 1.85. The number of amides is 2. The summed E-state index contributed by atoms with van der Waals surface area (Å²) < 4.78 is 5.53. The summed E-state index contributed by atoms with van der Waals surface area (Å²) in [6.45, 7) is 3.95. The number of carboxylic acid groups (broad SMARTS) is 1. The van der Waals surface area contributed by atoms with Crippen LogP contribution in [0.15, 0.2) is 48.5 Å². The van der Waals surface area contributed by atoms with Gasteiger partial charge in [0.2, 0.25) is 5.91 Å². The summed E-state index contributed by atoms with van der Waals surface area (Å²) in [5, 5.41) is 14.5. The Kier molecular flexibility index (Phi) is 8.46. The molecule has 176 valence electrons. The molecule has 0 fully saturated rings. The summed E-state index contributed by atoms with van der Waals surface area (Å²) in [5.74, 6) is -1.42. The van der Waals surface area contributed by atoms with E-state index < -0.39 is 30.1 Å². The number of carboxylic acids is 1. The van der Waals surface area contributed by atoms with Crippen LogP contribution in [0, 0.1) is 0 Å². The first-order chi connectivity index (χ1) is 15.9. The van der Waals surface area contributed by atoms with E-state index in [1.54, 1.807) is 6.92 Å². The van der Waals surface area contributed by atoms with Crippen molar-refractivity contribution in [2.24, 2.45) is 0 Å². The Bertz CT molecular complexity index is 945. The lowest BCUT2D eigenvalue weighted by molar-refractivity contribution is -0.137. The Morgan fingerprint density at radius 2 is 1.58 bits per heavy atom. The van der Waals surface area contributed by atoms with Crippen LogP contribution in [0.2, 0.25) is 0 Å². The number of unbranched alkanes of at least 4 members (excludes halogenated alkanes) is 1. The highest BCUT2D eigenvalue weighted by molar-refractivity contribution is 5.86. The fourth-order valence-electron chi connectivity index (χ4n) is 4.32. The van der Waals surface area contributed by atoms with E-state index in [2.05, 4.69) is 22.8 Å². The highest BCUT2D eigenvalue weighted by Crippen LogP contribution is 2.44. The molecule has 2 aromatic carbocycles. The van der Waals surface area contributed by atoms with E-state index in [1.807, 2.05) is 43.3 Å². The average molecular weight is 453 g/mol. The lowest BCUT2D eigenvalue weighted by atomic mass is 9.98. The van der Waals surface area contributed by atoms with E-state index in [4.69, 9.17) is 9.84 Å². The van der Waals surface area contributed by atoms with Crippen molar-refractivity contribution in [2.45, 2.75) is 64.0 Å². The summed E-state index contributed by atoms with van der Waals surface area (Å²) in [5.41, 5.74) is 4.52. The van der Waals surface area contributed by atoms with Crippen LogP contribution in [0.4, 0.5) is 4.79 Å². The number of benzene rings is 2. The molecule has 3 N–H and O–H groups in total. The second kappa shape index (κ2) is 11.5. The SMILES string of the molecule is CCCC[C@H](CC(=O)O)NC(=O)[C@@H](CC)NC(=O)OCC1c2ccccc2-c2ccccc21. The maximum Gasteiger partial charge on any atom is 0.407 e. The van der Waals surface area contributed by atoms with Gasteiger partial charge in [-0.3, -0.25) is 9.59 Å². The highest BCUT2D eigenvalue weighted by atomic mass is 16.5. The standard InChI is InChI=1S/C26H32N2O5/c1-3-5-10-17(15-24(29)30)27-25(31)23(4-2)28-26(32)33-16-22-20-13-8-6-11-18(20)19-12-7-9-14-21(19)22/h6-9,11-14,17,22-23H,3-5,10,15-16H2,1-2H3,(H,27,31)(H,28,32)(H,29,30)/t17-,23-/m1/s1. The molecule has 0 bridgehead atoms. The molecule has 2 amide bonds. The molecule has 1 aliphatic carbocycles. The van der Waals surface area contributed by atoms with Crippen LogP contribution < -0.4 is 10.6 Å². The van der Waals surface area contributed by atoms with Crippen LogP contribution in [0.1, 0.15) is 63.0 Å². The van der Waals surface area contributed by atoms with Crippen LogP contribution in [-0.2, 0) is 14.3 Å². The minimum Gasteiger partial charge on any atom is -0.481 e. The number of alkyl carbamates (subject to hydrolysis) is 1. The summed E-state index contributed by atoms with van der Waals surface area (Å²) >= 11 is 0. The fourth-order valence-corrected chi connectivity index (χ4v) is 4.32. The predicted molar refractivity (Wildman–Crippen MR) is 126 cm³/mol. The van der Waals surface area contributed by atoms with Gasteiger partial charge >= 0.3 is 12.1 Å². The number of nitrogens with one attached hydrogen (secondary N) is 2. The second-order valence-electron chi connectivity index (χ2n) is 8.38. The van der Waals surface area contributed by atoms with E-state index >= 15 is 0 Å². The summed E-state index contributed by atoms with van der Waals surface area (Å²) in [6, 6.07) is 14.9. The summed E-state index contributed by atoms with van der Waals surface area (Å²) in [4.78, 5) is 36.3. The third kappa shape index (κ3) is 6.12. The zero-order valence-electron chi connectivity index (χ0n) is 19.2. The Hall–Kier alpha value is -3.35. The van der Waals surface area contributed by atoms with Crippen LogP contribution in [0.3, 0.4) is 0 Å². The average Bonchev–Trinajstić information content (AvgIpc) is 3.13. The van der Waals surface area contributed by atoms with Gasteiger partial charge in [0.15, 0.2) is 0 Å². The maximum atomic E-state index is 12.7. The van der Waals surface area contributed by atoms with Crippen molar-refractivity contribution >= 4 is 18.0 Å². The quantitative estimate of drug-likeness (QED) is 0.467. The van der Waals surface area contributed by atoms with Gasteiger partial charge in [-0.15, -0.1) is 0 Å². The molecule has 0 heterocycles. The van der Waals surface area contributed by atoms with E-state index in [9.17, 15) is 14.4 Å². The fraction of sp³-hybridized carbons (Fsp3) is 0.423. The van der Waals surface area contributed by atoms with E-state index in [0.717, 1.165) is 35.1 Å². The minimum absolute atomic E-state index is 0.0638. The van der Waals surface area contributed by atoms with Crippen LogP contribution in [0.5, 0.6) is 0 Å². The first kappa shape index (κ1) is 24.3. The number of fused-ring (bicyclic) bond motifs is 3. The molecule has 3 rings (SSSR count). The third-order valence-electron chi connectivity index (χ3n) is 6.03.